The Morgan fingerprint density at radius 1 is 1.35 bits per heavy atom. The van der Waals surface area contributed by atoms with E-state index in [9.17, 15) is 4.79 Å². The predicted molar refractivity (Wildman–Crippen MR) is 82.0 cm³/mol. The first-order valence-corrected chi connectivity index (χ1v) is 7.31. The molecule has 1 rings (SSSR count). The van der Waals surface area contributed by atoms with Crippen molar-refractivity contribution in [2.45, 2.75) is 32.7 Å². The number of rotatable bonds is 7. The largest absolute Gasteiger partial charge is 0.396 e. The number of aliphatic hydroxyl groups is 1. The molecule has 0 radical (unpaired) electrons. The SMILES string of the molecule is CC(C)C(CCO)NC(=O)NCCc1ccccc1Cl. The summed E-state index contributed by atoms with van der Waals surface area (Å²) in [5.41, 5.74) is 1.02. The van der Waals surface area contributed by atoms with Gasteiger partial charge in [0, 0.05) is 24.2 Å². The summed E-state index contributed by atoms with van der Waals surface area (Å²) in [4.78, 5) is 11.8. The summed E-state index contributed by atoms with van der Waals surface area (Å²) in [6, 6.07) is 7.38. The summed E-state index contributed by atoms with van der Waals surface area (Å²) >= 11 is 6.05. The fraction of sp³-hybridized carbons (Fsp3) is 0.533. The molecule has 0 aliphatic heterocycles. The highest BCUT2D eigenvalue weighted by Crippen LogP contribution is 2.14. The number of urea groups is 1. The van der Waals surface area contributed by atoms with Crippen LogP contribution in [0.3, 0.4) is 0 Å². The van der Waals surface area contributed by atoms with Crippen molar-refractivity contribution in [3.05, 3.63) is 34.9 Å². The number of aliphatic hydroxyl groups excluding tert-OH is 1. The van der Waals surface area contributed by atoms with E-state index < -0.39 is 0 Å². The lowest BCUT2D eigenvalue weighted by Gasteiger charge is -2.21. The van der Waals surface area contributed by atoms with E-state index >= 15 is 0 Å². The van der Waals surface area contributed by atoms with Crippen LogP contribution < -0.4 is 10.6 Å². The van der Waals surface area contributed by atoms with Crippen LogP contribution >= 0.6 is 11.6 Å². The van der Waals surface area contributed by atoms with Gasteiger partial charge in [-0.3, -0.25) is 0 Å². The van der Waals surface area contributed by atoms with Gasteiger partial charge in [0.2, 0.25) is 0 Å². The lowest BCUT2D eigenvalue weighted by atomic mass is 10.0. The van der Waals surface area contributed by atoms with E-state index in [2.05, 4.69) is 10.6 Å². The van der Waals surface area contributed by atoms with Crippen LogP contribution in [0.5, 0.6) is 0 Å². The second-order valence-corrected chi connectivity index (χ2v) is 5.51. The number of carbonyl (C=O) groups is 1. The van der Waals surface area contributed by atoms with Crippen LogP contribution in [0.15, 0.2) is 24.3 Å². The molecule has 0 aliphatic carbocycles. The van der Waals surface area contributed by atoms with Gasteiger partial charge in [0.25, 0.3) is 0 Å². The molecule has 0 spiro atoms. The highest BCUT2D eigenvalue weighted by atomic mass is 35.5. The highest BCUT2D eigenvalue weighted by Gasteiger charge is 2.15. The number of amides is 2. The standard InChI is InChI=1S/C15H23ClN2O2/c1-11(2)14(8-10-19)18-15(20)17-9-7-12-5-3-4-6-13(12)16/h3-6,11,14,19H,7-10H2,1-2H3,(H2,17,18,20). The number of hydrogen-bond acceptors (Lipinski definition) is 2. The molecule has 1 atom stereocenters. The fourth-order valence-corrected chi connectivity index (χ4v) is 2.17. The molecule has 0 heterocycles. The Kier molecular flexibility index (Phi) is 7.41. The monoisotopic (exact) mass is 298 g/mol. The van der Waals surface area contributed by atoms with Crippen molar-refractivity contribution in [1.82, 2.24) is 10.6 Å². The first-order chi connectivity index (χ1) is 9.54. The van der Waals surface area contributed by atoms with Crippen LogP contribution in [0, 0.1) is 5.92 Å². The maximum Gasteiger partial charge on any atom is 0.315 e. The molecule has 0 saturated heterocycles. The van der Waals surface area contributed by atoms with Crippen molar-refractivity contribution in [2.24, 2.45) is 5.92 Å². The molecule has 2 amide bonds. The van der Waals surface area contributed by atoms with Crippen LogP contribution in [0.1, 0.15) is 25.8 Å². The molecule has 0 saturated carbocycles. The van der Waals surface area contributed by atoms with E-state index in [1.165, 1.54) is 0 Å². The average Bonchev–Trinajstić information content (AvgIpc) is 2.40. The highest BCUT2D eigenvalue weighted by molar-refractivity contribution is 6.31. The summed E-state index contributed by atoms with van der Waals surface area (Å²) < 4.78 is 0. The number of hydrogen-bond donors (Lipinski definition) is 3. The summed E-state index contributed by atoms with van der Waals surface area (Å²) in [7, 11) is 0. The molecule has 5 heteroatoms. The first-order valence-electron chi connectivity index (χ1n) is 6.93. The molecule has 0 aromatic heterocycles. The van der Waals surface area contributed by atoms with E-state index in [1.54, 1.807) is 0 Å². The van der Waals surface area contributed by atoms with Gasteiger partial charge in [0.05, 0.1) is 0 Å². The molecule has 0 aliphatic rings. The minimum atomic E-state index is -0.204. The summed E-state index contributed by atoms with van der Waals surface area (Å²) in [5, 5.41) is 15.4. The normalized spacial score (nSPS) is 12.2. The number of halogens is 1. The molecule has 1 aromatic rings. The van der Waals surface area contributed by atoms with Gasteiger partial charge < -0.3 is 15.7 Å². The van der Waals surface area contributed by atoms with Crippen molar-refractivity contribution in [3.8, 4) is 0 Å². The molecular formula is C15H23ClN2O2. The molecule has 0 fully saturated rings. The van der Waals surface area contributed by atoms with Crippen LogP contribution in [0.4, 0.5) is 4.79 Å². The minimum absolute atomic E-state index is 0.0136. The second kappa shape index (κ2) is 8.82. The summed E-state index contributed by atoms with van der Waals surface area (Å²) in [6.45, 7) is 4.64. The summed E-state index contributed by atoms with van der Waals surface area (Å²) in [6.07, 6.45) is 1.26. The van der Waals surface area contributed by atoms with Crippen molar-refractivity contribution >= 4 is 17.6 Å². The van der Waals surface area contributed by atoms with Gasteiger partial charge in [-0.2, -0.15) is 0 Å². The van der Waals surface area contributed by atoms with E-state index in [-0.39, 0.29) is 24.6 Å². The lowest BCUT2D eigenvalue weighted by Crippen LogP contribution is -2.45. The fourth-order valence-electron chi connectivity index (χ4n) is 1.94. The molecular weight excluding hydrogens is 276 g/mol. The zero-order chi connectivity index (χ0) is 15.0. The third-order valence-corrected chi connectivity index (χ3v) is 3.57. The number of carbonyl (C=O) groups excluding carboxylic acids is 1. The lowest BCUT2D eigenvalue weighted by molar-refractivity contribution is 0.219. The topological polar surface area (TPSA) is 61.4 Å². The van der Waals surface area contributed by atoms with Gasteiger partial charge in [-0.25, -0.2) is 4.79 Å². The average molecular weight is 299 g/mol. The van der Waals surface area contributed by atoms with Crippen LogP contribution in [-0.4, -0.2) is 30.3 Å². The Labute approximate surface area is 125 Å². The Hall–Kier alpha value is -1.26. The molecule has 1 unspecified atom stereocenters. The third kappa shape index (κ3) is 5.80. The van der Waals surface area contributed by atoms with Crippen molar-refractivity contribution in [1.29, 1.82) is 0 Å². The number of nitrogens with one attached hydrogen (secondary N) is 2. The van der Waals surface area contributed by atoms with E-state index in [0.717, 1.165) is 10.6 Å². The van der Waals surface area contributed by atoms with Crippen molar-refractivity contribution in [3.63, 3.8) is 0 Å². The third-order valence-electron chi connectivity index (χ3n) is 3.20. The van der Waals surface area contributed by atoms with Crippen LogP contribution in [-0.2, 0) is 6.42 Å². The Morgan fingerprint density at radius 2 is 2.05 bits per heavy atom. The zero-order valence-corrected chi connectivity index (χ0v) is 12.8. The van der Waals surface area contributed by atoms with Gasteiger partial charge in [-0.05, 0) is 30.4 Å². The molecule has 20 heavy (non-hydrogen) atoms. The maximum absolute atomic E-state index is 11.8. The quantitative estimate of drug-likeness (QED) is 0.724. The predicted octanol–water partition coefficient (Wildman–Crippen LogP) is 2.59. The second-order valence-electron chi connectivity index (χ2n) is 5.10. The maximum atomic E-state index is 11.8. The van der Waals surface area contributed by atoms with E-state index in [0.29, 0.717) is 19.4 Å². The molecule has 1 aromatic carbocycles. The van der Waals surface area contributed by atoms with Gasteiger partial charge in [-0.15, -0.1) is 0 Å². The van der Waals surface area contributed by atoms with Gasteiger partial charge in [0.15, 0.2) is 0 Å². The summed E-state index contributed by atoms with van der Waals surface area (Å²) in [5.74, 6) is 0.288. The number of benzene rings is 1. The van der Waals surface area contributed by atoms with Crippen molar-refractivity contribution in [2.75, 3.05) is 13.2 Å². The van der Waals surface area contributed by atoms with E-state index in [4.69, 9.17) is 16.7 Å². The Bertz CT molecular complexity index is 424. The molecule has 4 nitrogen and oxygen atoms in total. The Balaban J connectivity index is 2.34. The van der Waals surface area contributed by atoms with Crippen molar-refractivity contribution < 1.29 is 9.90 Å². The molecule has 0 bridgehead atoms. The van der Waals surface area contributed by atoms with Crippen LogP contribution in [0.2, 0.25) is 5.02 Å². The smallest absolute Gasteiger partial charge is 0.315 e. The van der Waals surface area contributed by atoms with E-state index in [1.807, 2.05) is 38.1 Å². The van der Waals surface area contributed by atoms with Gasteiger partial charge in [0.1, 0.15) is 0 Å². The first kappa shape index (κ1) is 16.8. The van der Waals surface area contributed by atoms with Gasteiger partial charge >= 0.3 is 6.03 Å². The zero-order valence-electron chi connectivity index (χ0n) is 12.0. The molecule has 112 valence electrons. The Morgan fingerprint density at radius 3 is 2.65 bits per heavy atom. The van der Waals surface area contributed by atoms with Gasteiger partial charge in [-0.1, -0.05) is 43.6 Å². The molecule has 3 N–H and O–H groups in total. The van der Waals surface area contributed by atoms with Crippen LogP contribution in [0.25, 0.3) is 0 Å². The minimum Gasteiger partial charge on any atom is -0.396 e.